The van der Waals surface area contributed by atoms with Gasteiger partial charge in [-0.1, -0.05) is 12.1 Å². The molecule has 0 aliphatic carbocycles. The highest BCUT2D eigenvalue weighted by molar-refractivity contribution is 14.0. The van der Waals surface area contributed by atoms with Crippen LogP contribution in [0, 0.1) is 0 Å². The molecule has 1 rings (SSSR count). The van der Waals surface area contributed by atoms with Crippen LogP contribution >= 0.6 is 24.0 Å². The van der Waals surface area contributed by atoms with Gasteiger partial charge in [-0.15, -0.1) is 24.0 Å². The van der Waals surface area contributed by atoms with Crippen molar-refractivity contribution in [3.05, 3.63) is 29.8 Å². The third-order valence-electron chi connectivity index (χ3n) is 3.36. The summed E-state index contributed by atoms with van der Waals surface area (Å²) in [5.74, 6) is 1.69. The third-order valence-corrected chi connectivity index (χ3v) is 3.36. The van der Waals surface area contributed by atoms with Crippen molar-refractivity contribution < 1.29 is 9.47 Å². The maximum Gasteiger partial charge on any atom is 0.191 e. The topological polar surface area (TPSA) is 58.1 Å². The molecule has 0 saturated heterocycles. The number of nitrogens with zero attached hydrogens (tertiary/aromatic N) is 2. The zero-order valence-electron chi connectivity index (χ0n) is 15.2. The van der Waals surface area contributed by atoms with E-state index >= 15 is 0 Å². The molecule has 0 atom stereocenters. The molecule has 2 N–H and O–H groups in total. The summed E-state index contributed by atoms with van der Waals surface area (Å²) in [4.78, 5) is 6.84. The molecule has 0 fully saturated rings. The molecule has 0 heterocycles. The number of likely N-dealkylation sites (N-methyl/N-ethyl adjacent to an activating group) is 1. The molecule has 6 nitrogen and oxygen atoms in total. The van der Waals surface area contributed by atoms with Crippen LogP contribution in [-0.2, 0) is 11.3 Å². The van der Waals surface area contributed by atoms with Gasteiger partial charge in [0.15, 0.2) is 5.96 Å². The lowest BCUT2D eigenvalue weighted by Gasteiger charge is -2.17. The fraction of sp³-hybridized carbons (Fsp3) is 0.588. The monoisotopic (exact) mass is 450 g/mol. The van der Waals surface area contributed by atoms with E-state index in [0.29, 0.717) is 6.54 Å². The maximum atomic E-state index is 5.24. The molecule has 0 aliphatic heterocycles. The summed E-state index contributed by atoms with van der Waals surface area (Å²) in [6.45, 7) is 6.97. The Morgan fingerprint density at radius 2 is 2.00 bits per heavy atom. The Morgan fingerprint density at radius 1 is 1.21 bits per heavy atom. The lowest BCUT2D eigenvalue weighted by Crippen LogP contribution is -2.41. The second kappa shape index (κ2) is 14.3. The highest BCUT2D eigenvalue weighted by Crippen LogP contribution is 2.12. The van der Waals surface area contributed by atoms with Gasteiger partial charge in [0.1, 0.15) is 5.75 Å². The molecule has 0 aliphatic rings. The molecule has 0 spiro atoms. The Hall–Kier alpha value is -1.06. The van der Waals surface area contributed by atoms with Gasteiger partial charge in [-0.25, -0.2) is 4.99 Å². The van der Waals surface area contributed by atoms with Crippen molar-refractivity contribution in [2.75, 3.05) is 54.1 Å². The Labute approximate surface area is 163 Å². The van der Waals surface area contributed by atoms with Crippen molar-refractivity contribution in [2.24, 2.45) is 4.99 Å². The largest absolute Gasteiger partial charge is 0.497 e. The number of nitrogens with one attached hydrogen (secondary N) is 2. The van der Waals surface area contributed by atoms with E-state index < -0.39 is 0 Å². The van der Waals surface area contributed by atoms with Crippen molar-refractivity contribution in [2.45, 2.75) is 13.5 Å². The van der Waals surface area contributed by atoms with Gasteiger partial charge in [-0.05, 0) is 31.7 Å². The van der Waals surface area contributed by atoms with Gasteiger partial charge in [-0.2, -0.15) is 0 Å². The first-order valence-electron chi connectivity index (χ1n) is 8.02. The number of rotatable bonds is 10. The number of halogens is 1. The van der Waals surface area contributed by atoms with Crippen LogP contribution in [0.2, 0.25) is 0 Å². The van der Waals surface area contributed by atoms with E-state index in [1.54, 1.807) is 14.2 Å². The zero-order chi connectivity index (χ0) is 16.9. The zero-order valence-corrected chi connectivity index (χ0v) is 17.5. The summed E-state index contributed by atoms with van der Waals surface area (Å²) in [6, 6.07) is 7.97. The molecule has 0 radical (unpaired) electrons. The van der Waals surface area contributed by atoms with Crippen molar-refractivity contribution >= 4 is 29.9 Å². The number of ether oxygens (including phenoxy) is 2. The maximum absolute atomic E-state index is 5.24. The summed E-state index contributed by atoms with van der Waals surface area (Å²) < 4.78 is 10.3. The van der Waals surface area contributed by atoms with Crippen LogP contribution in [0.3, 0.4) is 0 Å². The van der Waals surface area contributed by atoms with Gasteiger partial charge in [0.05, 0.1) is 20.3 Å². The van der Waals surface area contributed by atoms with Crippen LogP contribution < -0.4 is 15.4 Å². The molecule has 0 aromatic heterocycles. The fourth-order valence-electron chi connectivity index (χ4n) is 2.01. The Kier molecular flexibility index (Phi) is 13.7. The lowest BCUT2D eigenvalue weighted by molar-refractivity contribution is 0.162. The molecule has 0 unspecified atom stereocenters. The number of guanidine groups is 1. The van der Waals surface area contributed by atoms with Gasteiger partial charge >= 0.3 is 0 Å². The van der Waals surface area contributed by atoms with Crippen LogP contribution in [0.5, 0.6) is 5.75 Å². The highest BCUT2D eigenvalue weighted by Gasteiger charge is 2.01. The first-order chi connectivity index (χ1) is 11.2. The fourth-order valence-corrected chi connectivity index (χ4v) is 2.01. The predicted molar refractivity (Wildman–Crippen MR) is 111 cm³/mol. The Morgan fingerprint density at radius 3 is 2.67 bits per heavy atom. The van der Waals surface area contributed by atoms with E-state index in [1.165, 1.54) is 0 Å². The van der Waals surface area contributed by atoms with Crippen molar-refractivity contribution in [1.29, 1.82) is 0 Å². The number of aliphatic imine (C=N–C) groups is 1. The van der Waals surface area contributed by atoms with Crippen LogP contribution in [0.1, 0.15) is 12.5 Å². The number of benzene rings is 1. The van der Waals surface area contributed by atoms with E-state index in [-0.39, 0.29) is 24.0 Å². The number of hydrogen-bond acceptors (Lipinski definition) is 4. The third kappa shape index (κ3) is 9.94. The highest BCUT2D eigenvalue weighted by atomic mass is 127. The van der Waals surface area contributed by atoms with Gasteiger partial charge in [0.2, 0.25) is 0 Å². The normalized spacial score (nSPS) is 11.1. The van der Waals surface area contributed by atoms with E-state index in [1.807, 2.05) is 24.3 Å². The van der Waals surface area contributed by atoms with Gasteiger partial charge < -0.3 is 25.0 Å². The van der Waals surface area contributed by atoms with Gasteiger partial charge in [-0.3, -0.25) is 0 Å². The summed E-state index contributed by atoms with van der Waals surface area (Å²) in [7, 11) is 5.48. The second-order valence-electron chi connectivity index (χ2n) is 5.27. The lowest BCUT2D eigenvalue weighted by atomic mass is 10.2. The molecule has 138 valence electrons. The first-order valence-corrected chi connectivity index (χ1v) is 8.02. The molecule has 7 heteroatoms. The minimum Gasteiger partial charge on any atom is -0.497 e. The molecule has 1 aromatic carbocycles. The minimum atomic E-state index is 0. The summed E-state index contributed by atoms with van der Waals surface area (Å²) in [5.41, 5.74) is 1.12. The van der Waals surface area contributed by atoms with Gasteiger partial charge in [0.25, 0.3) is 0 Å². The SMILES string of the molecule is CCNC(=NCc1cccc(OC)c1)NCCN(C)CCOC.I. The van der Waals surface area contributed by atoms with Crippen LogP contribution in [0.15, 0.2) is 29.3 Å². The molecule has 24 heavy (non-hydrogen) atoms. The smallest absolute Gasteiger partial charge is 0.191 e. The van der Waals surface area contributed by atoms with E-state index in [9.17, 15) is 0 Å². The number of hydrogen-bond donors (Lipinski definition) is 2. The summed E-state index contributed by atoms with van der Waals surface area (Å²) in [6.07, 6.45) is 0. The van der Waals surface area contributed by atoms with E-state index in [0.717, 1.165) is 50.1 Å². The number of methoxy groups -OCH3 is 2. The van der Waals surface area contributed by atoms with Crippen LogP contribution in [0.25, 0.3) is 0 Å². The standard InChI is InChI=1S/C17H30N4O2.HI/c1-5-18-17(19-9-10-21(2)11-12-22-3)20-14-15-7-6-8-16(13-15)23-4;/h6-8,13H,5,9-12,14H2,1-4H3,(H2,18,19,20);1H. The Bertz CT molecular complexity index is 472. The summed E-state index contributed by atoms with van der Waals surface area (Å²) >= 11 is 0. The van der Waals surface area contributed by atoms with E-state index in [2.05, 4.69) is 34.5 Å². The molecule has 0 saturated carbocycles. The quantitative estimate of drug-likeness (QED) is 0.324. The molecule has 0 bridgehead atoms. The first kappa shape index (κ1) is 22.9. The molecule has 0 amide bonds. The van der Waals surface area contributed by atoms with Crippen LogP contribution in [0.4, 0.5) is 0 Å². The van der Waals surface area contributed by atoms with E-state index in [4.69, 9.17) is 9.47 Å². The molecule has 1 aromatic rings. The van der Waals surface area contributed by atoms with Crippen LogP contribution in [-0.4, -0.2) is 64.9 Å². The predicted octanol–water partition coefficient (Wildman–Crippen LogP) is 1.95. The average molecular weight is 450 g/mol. The van der Waals surface area contributed by atoms with Gasteiger partial charge in [0, 0.05) is 33.3 Å². The minimum absolute atomic E-state index is 0. The van der Waals surface area contributed by atoms with Crippen molar-refractivity contribution in [3.8, 4) is 5.75 Å². The molecular weight excluding hydrogens is 419 g/mol. The van der Waals surface area contributed by atoms with Crippen molar-refractivity contribution in [3.63, 3.8) is 0 Å². The molecular formula is C17H31IN4O2. The van der Waals surface area contributed by atoms with Crippen molar-refractivity contribution in [1.82, 2.24) is 15.5 Å². The second-order valence-corrected chi connectivity index (χ2v) is 5.27. The summed E-state index contributed by atoms with van der Waals surface area (Å²) in [5, 5.41) is 6.61. The average Bonchev–Trinajstić information content (AvgIpc) is 2.58. The Balaban J connectivity index is 0.00000529.